The van der Waals surface area contributed by atoms with Crippen molar-refractivity contribution >= 4 is 35.4 Å². The molecule has 0 bridgehead atoms. The average Bonchev–Trinajstić information content (AvgIpc) is 3.09. The van der Waals surface area contributed by atoms with Crippen LogP contribution >= 0.6 is 0 Å². The second-order valence-electron chi connectivity index (χ2n) is 12.2. The van der Waals surface area contributed by atoms with Gasteiger partial charge in [0.2, 0.25) is 0 Å². The number of hydrogen-bond donors (Lipinski definition) is 2. The zero-order chi connectivity index (χ0) is 29.6. The maximum absolute atomic E-state index is 13.8. The Morgan fingerprint density at radius 2 is 1.57 bits per heavy atom. The molecule has 1 spiro atoms. The number of likely N-dealkylation sites (tertiary alicyclic amines) is 1. The SMILES string of the molecule is Cc1cc(Nc2cc(N(C(=O)OC(C)(C)C)C(=O)OC(C)(C)C)ncn2)c(=O)n2c1C(=O)NC21CCN(C)CC1. The zero-order valence-electron chi connectivity index (χ0n) is 24.2. The predicted octanol–water partition coefficient (Wildman–Crippen LogP) is 3.49. The first-order valence-electron chi connectivity index (χ1n) is 13.1. The van der Waals surface area contributed by atoms with Crippen LogP contribution in [0.2, 0.25) is 0 Å². The number of piperidine rings is 1. The van der Waals surface area contributed by atoms with Crippen LogP contribution in [0.4, 0.5) is 26.9 Å². The third-order valence-electron chi connectivity index (χ3n) is 6.49. The van der Waals surface area contributed by atoms with Crippen LogP contribution in [0.3, 0.4) is 0 Å². The number of imide groups is 1. The lowest BCUT2D eigenvalue weighted by molar-refractivity contribution is 0.0428. The fourth-order valence-corrected chi connectivity index (χ4v) is 4.74. The third kappa shape index (κ3) is 5.93. The number of hydrogen-bond acceptors (Lipinski definition) is 10. The Balaban J connectivity index is 1.71. The molecule has 0 atom stereocenters. The number of nitrogens with one attached hydrogen (secondary N) is 2. The number of rotatable bonds is 3. The van der Waals surface area contributed by atoms with Gasteiger partial charge in [0.25, 0.3) is 11.5 Å². The summed E-state index contributed by atoms with van der Waals surface area (Å²) in [5.41, 5.74) is -1.84. The summed E-state index contributed by atoms with van der Waals surface area (Å²) in [5.74, 6) is -0.239. The van der Waals surface area contributed by atoms with E-state index in [-0.39, 0.29) is 28.8 Å². The summed E-state index contributed by atoms with van der Waals surface area (Å²) >= 11 is 0. The van der Waals surface area contributed by atoms with Gasteiger partial charge in [-0.1, -0.05) is 0 Å². The van der Waals surface area contributed by atoms with Crippen LogP contribution in [0, 0.1) is 6.92 Å². The van der Waals surface area contributed by atoms with Crippen molar-refractivity contribution in [1.82, 2.24) is 24.8 Å². The highest BCUT2D eigenvalue weighted by Gasteiger charge is 2.46. The molecular weight excluding hydrogens is 518 g/mol. The van der Waals surface area contributed by atoms with Crippen molar-refractivity contribution in [1.29, 1.82) is 0 Å². The van der Waals surface area contributed by atoms with E-state index in [0.717, 1.165) is 19.4 Å². The number of fused-ring (bicyclic) bond motifs is 2. The minimum atomic E-state index is -0.978. The lowest BCUT2D eigenvalue weighted by Crippen LogP contribution is -2.53. The molecule has 1 fully saturated rings. The Labute approximate surface area is 232 Å². The predicted molar refractivity (Wildman–Crippen MR) is 148 cm³/mol. The van der Waals surface area contributed by atoms with Crippen molar-refractivity contribution < 1.29 is 23.9 Å². The molecule has 13 heteroatoms. The van der Waals surface area contributed by atoms with Crippen LogP contribution in [0.15, 0.2) is 23.3 Å². The molecular formula is C27H37N7O6. The van der Waals surface area contributed by atoms with Gasteiger partial charge in [-0.2, -0.15) is 4.90 Å². The molecule has 0 radical (unpaired) electrons. The Hall–Kier alpha value is -4.00. The minimum Gasteiger partial charge on any atom is -0.443 e. The highest BCUT2D eigenvalue weighted by atomic mass is 16.6. The normalized spacial score (nSPS) is 16.8. The number of nitrogens with zero attached hydrogens (tertiary/aromatic N) is 5. The molecule has 2 aliphatic heterocycles. The van der Waals surface area contributed by atoms with Gasteiger partial charge in [-0.25, -0.2) is 19.6 Å². The van der Waals surface area contributed by atoms with Crippen molar-refractivity contribution in [2.75, 3.05) is 30.4 Å². The van der Waals surface area contributed by atoms with Gasteiger partial charge in [0.05, 0.1) is 0 Å². The summed E-state index contributed by atoms with van der Waals surface area (Å²) < 4.78 is 12.4. The molecule has 216 valence electrons. The zero-order valence-corrected chi connectivity index (χ0v) is 24.2. The van der Waals surface area contributed by atoms with Crippen LogP contribution in [0.5, 0.6) is 0 Å². The first kappa shape index (κ1) is 29.0. The fourth-order valence-electron chi connectivity index (χ4n) is 4.74. The van der Waals surface area contributed by atoms with E-state index >= 15 is 0 Å². The minimum absolute atomic E-state index is 0.109. The molecule has 1 saturated heterocycles. The Morgan fingerprint density at radius 3 is 2.12 bits per heavy atom. The van der Waals surface area contributed by atoms with Gasteiger partial charge in [0.1, 0.15) is 40.4 Å². The summed E-state index contributed by atoms with van der Waals surface area (Å²) in [5, 5.41) is 6.04. The smallest absolute Gasteiger partial charge is 0.425 e. The summed E-state index contributed by atoms with van der Waals surface area (Å²) in [6.45, 7) is 13.2. The van der Waals surface area contributed by atoms with Crippen molar-refractivity contribution in [3.8, 4) is 0 Å². The summed E-state index contributed by atoms with van der Waals surface area (Å²) in [6, 6.07) is 2.93. The van der Waals surface area contributed by atoms with Crippen LogP contribution in [0.25, 0.3) is 0 Å². The van der Waals surface area contributed by atoms with Crippen LogP contribution in [-0.4, -0.2) is 68.9 Å². The molecule has 2 aromatic rings. The van der Waals surface area contributed by atoms with E-state index in [0.29, 0.717) is 29.0 Å². The molecule has 13 nitrogen and oxygen atoms in total. The molecule has 0 aliphatic carbocycles. The second-order valence-corrected chi connectivity index (χ2v) is 12.2. The number of aromatic nitrogens is 3. The third-order valence-corrected chi connectivity index (χ3v) is 6.49. The quantitative estimate of drug-likeness (QED) is 0.577. The maximum atomic E-state index is 13.8. The van der Waals surface area contributed by atoms with Crippen LogP contribution < -0.4 is 21.1 Å². The maximum Gasteiger partial charge on any atom is 0.425 e. The van der Waals surface area contributed by atoms with Crippen molar-refractivity contribution in [2.24, 2.45) is 0 Å². The van der Waals surface area contributed by atoms with Gasteiger partial charge in [-0.05, 0) is 67.1 Å². The van der Waals surface area contributed by atoms with Gasteiger partial charge in [0.15, 0.2) is 5.82 Å². The molecule has 2 aromatic heterocycles. The van der Waals surface area contributed by atoms with E-state index in [9.17, 15) is 19.2 Å². The number of ether oxygens (including phenoxy) is 2. The number of anilines is 3. The number of carbonyl (C=O) groups excluding carboxylic acids is 3. The van der Waals surface area contributed by atoms with Gasteiger partial charge in [-0.3, -0.25) is 14.2 Å². The molecule has 2 aliphatic rings. The molecule has 0 aromatic carbocycles. The number of carbonyl (C=O) groups is 3. The van der Waals surface area contributed by atoms with Gasteiger partial charge in [-0.15, -0.1) is 0 Å². The van der Waals surface area contributed by atoms with Gasteiger partial charge < -0.3 is 25.0 Å². The summed E-state index contributed by atoms with van der Waals surface area (Å²) in [6.07, 6.45) is 0.371. The lowest BCUT2D eigenvalue weighted by atomic mass is 9.97. The van der Waals surface area contributed by atoms with E-state index in [4.69, 9.17) is 9.47 Å². The van der Waals surface area contributed by atoms with Crippen molar-refractivity contribution in [3.63, 3.8) is 0 Å². The number of aryl methyl sites for hydroxylation is 1. The highest BCUT2D eigenvalue weighted by molar-refractivity contribution is 6.09. The topological polar surface area (TPSA) is 148 Å². The average molecular weight is 556 g/mol. The Kier molecular flexibility index (Phi) is 7.39. The van der Waals surface area contributed by atoms with Crippen molar-refractivity contribution in [3.05, 3.63) is 40.1 Å². The standard InChI is InChI=1S/C27H37N7O6/c1-16-13-17(22(36)34-20(16)21(35)31-27(34)9-11-32(8)12-10-27)30-18-14-19(29-15-28-18)33(23(37)39-25(2,3)4)24(38)40-26(5,6)7/h13-15H,9-12H2,1-8H3,(H,31,35)(H,28,29,30). The summed E-state index contributed by atoms with van der Waals surface area (Å²) in [7, 11) is 2.00. The summed E-state index contributed by atoms with van der Waals surface area (Å²) in [4.78, 5) is 63.8. The number of amides is 3. The van der Waals surface area contributed by atoms with Gasteiger partial charge in [0, 0.05) is 32.0 Å². The first-order valence-corrected chi connectivity index (χ1v) is 13.1. The van der Waals surface area contributed by atoms with E-state index in [1.54, 1.807) is 59.1 Å². The lowest BCUT2D eigenvalue weighted by Gasteiger charge is -2.39. The highest BCUT2D eigenvalue weighted by Crippen LogP contribution is 2.34. The Morgan fingerprint density at radius 1 is 1.00 bits per heavy atom. The fraction of sp³-hybridized carbons (Fsp3) is 0.556. The van der Waals surface area contributed by atoms with Gasteiger partial charge >= 0.3 is 12.2 Å². The Bertz CT molecular complexity index is 1370. The number of pyridine rings is 1. The molecule has 40 heavy (non-hydrogen) atoms. The van der Waals surface area contributed by atoms with E-state index < -0.39 is 29.1 Å². The van der Waals surface area contributed by atoms with Crippen LogP contribution in [0.1, 0.15) is 70.4 Å². The largest absolute Gasteiger partial charge is 0.443 e. The monoisotopic (exact) mass is 555 g/mol. The van der Waals surface area contributed by atoms with E-state index in [1.165, 1.54) is 6.07 Å². The van der Waals surface area contributed by atoms with E-state index in [2.05, 4.69) is 25.5 Å². The molecule has 4 heterocycles. The molecule has 0 saturated carbocycles. The first-order chi connectivity index (χ1) is 18.5. The molecule has 2 N–H and O–H groups in total. The van der Waals surface area contributed by atoms with Crippen molar-refractivity contribution in [2.45, 2.75) is 78.2 Å². The second kappa shape index (κ2) is 10.2. The van der Waals surface area contributed by atoms with E-state index in [1.807, 2.05) is 7.05 Å². The molecule has 0 unspecified atom stereocenters. The molecule has 4 rings (SSSR count). The van der Waals surface area contributed by atoms with Crippen LogP contribution in [-0.2, 0) is 15.1 Å². The molecule has 3 amide bonds.